The Kier molecular flexibility index (Phi) is 7.48. The Bertz CT molecular complexity index is 952. The predicted octanol–water partition coefficient (Wildman–Crippen LogP) is 2.90. The number of amides is 1. The molecule has 0 spiro atoms. The summed E-state index contributed by atoms with van der Waals surface area (Å²) in [6, 6.07) is 16.0. The zero-order valence-corrected chi connectivity index (χ0v) is 18.1. The number of rotatable bonds is 7. The van der Waals surface area contributed by atoms with Gasteiger partial charge in [-0.1, -0.05) is 60.3 Å². The third-order valence-electron chi connectivity index (χ3n) is 5.31. The Morgan fingerprint density at radius 2 is 1.84 bits per heavy atom. The Balaban J connectivity index is 1.79. The molecule has 3 rings (SSSR count). The van der Waals surface area contributed by atoms with Crippen molar-refractivity contribution in [2.24, 2.45) is 0 Å². The summed E-state index contributed by atoms with van der Waals surface area (Å²) in [6.45, 7) is 0.738. The molecule has 0 aliphatic carbocycles. The molecule has 2 aromatic carbocycles. The van der Waals surface area contributed by atoms with E-state index in [2.05, 4.69) is 5.32 Å². The van der Waals surface area contributed by atoms with Gasteiger partial charge in [0.25, 0.3) is 0 Å². The number of nitrogens with one attached hydrogen (secondary N) is 1. The Morgan fingerprint density at radius 1 is 1.16 bits per heavy atom. The molecular weight excluding hydrogens is 416 g/mol. The molecule has 0 aromatic heterocycles. The van der Waals surface area contributed by atoms with Crippen LogP contribution in [0.4, 0.5) is 5.69 Å². The summed E-state index contributed by atoms with van der Waals surface area (Å²) in [4.78, 5) is 36.2. The highest BCUT2D eigenvalue weighted by molar-refractivity contribution is 8.14. The van der Waals surface area contributed by atoms with Gasteiger partial charge in [-0.25, -0.2) is 4.79 Å². The number of benzene rings is 2. The maximum atomic E-state index is 13.6. The summed E-state index contributed by atoms with van der Waals surface area (Å²) in [5.41, 5.74) is 2.17. The largest absolute Gasteiger partial charge is 0.627 e. The number of aliphatic carboxylic acids is 1. The lowest BCUT2D eigenvalue weighted by Crippen LogP contribution is -2.55. The van der Waals surface area contributed by atoms with Crippen LogP contribution in [0.15, 0.2) is 54.6 Å². The van der Waals surface area contributed by atoms with E-state index in [1.54, 1.807) is 12.1 Å². The van der Waals surface area contributed by atoms with Gasteiger partial charge >= 0.3 is 5.97 Å². The second-order valence-electron chi connectivity index (χ2n) is 7.78. The smallest absolute Gasteiger partial charge is 0.360 e. The molecule has 1 aliphatic rings. The Morgan fingerprint density at radius 3 is 2.52 bits per heavy atom. The van der Waals surface area contributed by atoms with Crippen LogP contribution in [-0.4, -0.2) is 46.5 Å². The minimum atomic E-state index is -1.19. The van der Waals surface area contributed by atoms with Crippen molar-refractivity contribution >= 4 is 34.4 Å². The number of fused-ring (bicyclic) bond motifs is 1. The number of carbonyl (C=O) groups is 3. The van der Waals surface area contributed by atoms with E-state index in [0.717, 1.165) is 22.9 Å². The molecule has 0 bridgehead atoms. The van der Waals surface area contributed by atoms with E-state index in [9.17, 15) is 24.7 Å². The molecule has 1 aliphatic heterocycles. The van der Waals surface area contributed by atoms with Crippen LogP contribution in [0.25, 0.3) is 0 Å². The van der Waals surface area contributed by atoms with Gasteiger partial charge in [0.1, 0.15) is 12.2 Å². The molecule has 0 saturated carbocycles. The van der Waals surface area contributed by atoms with Crippen LogP contribution in [0, 0.1) is 5.21 Å². The molecule has 1 unspecified atom stereocenters. The molecule has 31 heavy (non-hydrogen) atoms. The van der Waals surface area contributed by atoms with E-state index < -0.39 is 28.5 Å². The molecule has 0 fully saturated rings. The fourth-order valence-electron chi connectivity index (χ4n) is 3.99. The van der Waals surface area contributed by atoms with Crippen LogP contribution < -0.4 is 9.96 Å². The van der Waals surface area contributed by atoms with Gasteiger partial charge in [0.2, 0.25) is 5.91 Å². The number of thioether (sulfide) groups is 1. The van der Waals surface area contributed by atoms with E-state index in [1.165, 1.54) is 6.92 Å². The average Bonchev–Trinajstić information content (AvgIpc) is 2.84. The van der Waals surface area contributed by atoms with Crippen molar-refractivity contribution in [3.05, 3.63) is 70.9 Å². The van der Waals surface area contributed by atoms with Gasteiger partial charge in [0.05, 0.1) is 11.3 Å². The lowest BCUT2D eigenvalue weighted by Gasteiger charge is -2.42. The quantitative estimate of drug-likeness (QED) is 0.504. The fourth-order valence-corrected chi connectivity index (χ4v) is 4.84. The van der Waals surface area contributed by atoms with E-state index in [1.807, 2.05) is 42.5 Å². The zero-order chi connectivity index (χ0) is 22.4. The highest BCUT2D eigenvalue weighted by atomic mass is 32.2. The number of nitrogens with zero attached hydrogens (tertiary/aromatic N) is 1. The van der Waals surface area contributed by atoms with Crippen molar-refractivity contribution in [1.29, 1.82) is 0 Å². The van der Waals surface area contributed by atoms with E-state index in [0.29, 0.717) is 24.9 Å². The number of carbonyl (C=O) groups excluding carboxylic acids is 2. The number of hydrogen-bond acceptors (Lipinski definition) is 5. The summed E-state index contributed by atoms with van der Waals surface area (Å²) in [6.07, 6.45) is 1.47. The van der Waals surface area contributed by atoms with Crippen molar-refractivity contribution in [3.8, 4) is 0 Å². The topological polar surface area (TPSA) is 107 Å². The number of hydrogen-bond donors (Lipinski definition) is 2. The Hall–Kier alpha value is -2.68. The highest BCUT2D eigenvalue weighted by Crippen LogP contribution is 2.32. The average molecular weight is 443 g/mol. The first-order valence-electron chi connectivity index (χ1n) is 10.2. The molecule has 8 heteroatoms. The van der Waals surface area contributed by atoms with Gasteiger partial charge in [-0.3, -0.25) is 9.59 Å². The summed E-state index contributed by atoms with van der Waals surface area (Å²) in [5.74, 6) is -1.51. The number of hydroxylamine groups is 2. The van der Waals surface area contributed by atoms with Crippen LogP contribution in [0.2, 0.25) is 0 Å². The first-order valence-corrected chi connectivity index (χ1v) is 11.0. The number of para-hydroxylation sites is 1. The normalized spacial score (nSPS) is 21.4. The van der Waals surface area contributed by atoms with Crippen molar-refractivity contribution in [3.63, 3.8) is 0 Å². The molecule has 2 aromatic rings. The van der Waals surface area contributed by atoms with Crippen LogP contribution in [-0.2, 0) is 27.2 Å². The summed E-state index contributed by atoms with van der Waals surface area (Å²) >= 11 is 0.966. The van der Waals surface area contributed by atoms with Crippen LogP contribution in [0.1, 0.15) is 24.5 Å². The van der Waals surface area contributed by atoms with Gasteiger partial charge in [-0.2, -0.15) is 0 Å². The maximum Gasteiger partial charge on any atom is 0.360 e. The SMILES string of the molecule is CC(=O)S[C@@H](Cc1ccccc1)C(=O)NC1CCc2ccccc2[N@+]([O-])(CC(=O)O)C1. The number of aryl methyl sites for hydroxylation is 1. The minimum Gasteiger partial charge on any atom is -0.627 e. The lowest BCUT2D eigenvalue weighted by molar-refractivity contribution is -0.137. The van der Waals surface area contributed by atoms with Crippen molar-refractivity contribution < 1.29 is 19.5 Å². The first-order chi connectivity index (χ1) is 14.8. The van der Waals surface area contributed by atoms with Crippen molar-refractivity contribution in [2.75, 3.05) is 13.1 Å². The predicted molar refractivity (Wildman–Crippen MR) is 121 cm³/mol. The third-order valence-corrected chi connectivity index (χ3v) is 6.31. The Labute approximate surface area is 185 Å². The lowest BCUT2D eigenvalue weighted by atomic mass is 10.1. The van der Waals surface area contributed by atoms with Crippen LogP contribution in [0.3, 0.4) is 0 Å². The van der Waals surface area contributed by atoms with E-state index in [4.69, 9.17) is 0 Å². The molecule has 0 radical (unpaired) electrons. The van der Waals surface area contributed by atoms with Gasteiger partial charge in [0, 0.05) is 12.5 Å². The summed E-state index contributed by atoms with van der Waals surface area (Å²) < 4.78 is -1.03. The third kappa shape index (κ3) is 6.16. The molecule has 0 saturated heterocycles. The van der Waals surface area contributed by atoms with Gasteiger partial charge in [0.15, 0.2) is 11.7 Å². The van der Waals surface area contributed by atoms with Crippen molar-refractivity contribution in [2.45, 2.75) is 37.5 Å². The van der Waals surface area contributed by atoms with Gasteiger partial charge in [-0.15, -0.1) is 0 Å². The molecule has 164 valence electrons. The monoisotopic (exact) mass is 442 g/mol. The highest BCUT2D eigenvalue weighted by Gasteiger charge is 2.35. The van der Waals surface area contributed by atoms with Crippen LogP contribution in [0.5, 0.6) is 0 Å². The second kappa shape index (κ2) is 10.1. The fraction of sp³-hybridized carbons (Fsp3) is 0.348. The number of carboxylic acids is 1. The maximum absolute atomic E-state index is 13.6. The molecule has 3 atom stereocenters. The molecule has 7 nitrogen and oxygen atoms in total. The van der Waals surface area contributed by atoms with Crippen molar-refractivity contribution in [1.82, 2.24) is 9.96 Å². The molecule has 1 amide bonds. The van der Waals surface area contributed by atoms with Gasteiger partial charge < -0.3 is 20.3 Å². The number of carboxylic acid groups (broad SMARTS) is 1. The molecular formula is C23H26N2O5S. The molecule has 2 N–H and O–H groups in total. The molecule has 1 heterocycles. The van der Waals surface area contributed by atoms with E-state index in [-0.39, 0.29) is 17.6 Å². The zero-order valence-electron chi connectivity index (χ0n) is 17.3. The second-order valence-corrected chi connectivity index (χ2v) is 9.16. The summed E-state index contributed by atoms with van der Waals surface area (Å²) in [7, 11) is 0. The standard InChI is InChI=1S/C23H26N2O5S/c1-16(26)31-21(13-17-7-3-2-4-8-17)23(29)24-19-12-11-18-9-5-6-10-20(18)25(30,14-19)15-22(27)28/h2-10,19,21H,11-15H2,1H3,(H,24,29)(H,27,28)/t19?,21-,25+/m0/s1. The van der Waals surface area contributed by atoms with Crippen LogP contribution >= 0.6 is 11.8 Å². The first kappa shape index (κ1) is 23.0. The minimum absolute atomic E-state index is 0.0716. The van der Waals surface area contributed by atoms with E-state index >= 15 is 0 Å². The number of quaternary nitrogens is 1. The van der Waals surface area contributed by atoms with Gasteiger partial charge in [-0.05, 0) is 30.9 Å². The summed E-state index contributed by atoms with van der Waals surface area (Å²) in [5, 5.41) is 25.0.